The predicted molar refractivity (Wildman–Crippen MR) is 74.6 cm³/mol. The first-order valence-corrected chi connectivity index (χ1v) is 6.13. The molecule has 0 fully saturated rings. The number of anilines is 1. The van der Waals surface area contributed by atoms with E-state index in [1.165, 1.54) is 0 Å². The number of aromatic nitrogens is 1. The van der Waals surface area contributed by atoms with Crippen molar-refractivity contribution in [2.75, 3.05) is 12.4 Å². The van der Waals surface area contributed by atoms with E-state index in [2.05, 4.69) is 10.3 Å². The molecule has 2 aromatic rings. The average molecular weight is 283 g/mol. The van der Waals surface area contributed by atoms with Crippen LogP contribution in [0.25, 0.3) is 0 Å². The highest BCUT2D eigenvalue weighted by Crippen LogP contribution is 2.24. The zero-order valence-electron chi connectivity index (χ0n) is 9.78. The fourth-order valence-corrected chi connectivity index (χ4v) is 1.86. The molecule has 0 saturated heterocycles. The van der Waals surface area contributed by atoms with Gasteiger partial charge in [-0.15, -0.1) is 0 Å². The van der Waals surface area contributed by atoms with Crippen molar-refractivity contribution in [2.45, 2.75) is 6.54 Å². The van der Waals surface area contributed by atoms with Gasteiger partial charge < -0.3 is 10.1 Å². The molecule has 0 atom stereocenters. The van der Waals surface area contributed by atoms with Gasteiger partial charge in [-0.3, -0.25) is 0 Å². The lowest BCUT2D eigenvalue weighted by Crippen LogP contribution is -2.02. The van der Waals surface area contributed by atoms with E-state index >= 15 is 0 Å². The maximum Gasteiger partial charge on any atom is 0.237 e. The Labute approximate surface area is 116 Å². The van der Waals surface area contributed by atoms with Crippen molar-refractivity contribution in [3.63, 3.8) is 0 Å². The van der Waals surface area contributed by atoms with Crippen LogP contribution in [-0.2, 0) is 6.54 Å². The fraction of sp³-hybridized carbons (Fsp3) is 0.154. The summed E-state index contributed by atoms with van der Waals surface area (Å²) in [6, 6.07) is 9.29. The summed E-state index contributed by atoms with van der Waals surface area (Å²) in [6.07, 6.45) is 1.68. The van der Waals surface area contributed by atoms with Crippen molar-refractivity contribution in [3.05, 3.63) is 52.1 Å². The summed E-state index contributed by atoms with van der Waals surface area (Å²) in [6.45, 7) is 0.624. The van der Waals surface area contributed by atoms with E-state index in [4.69, 9.17) is 27.9 Å². The molecule has 2 rings (SSSR count). The minimum Gasteiger partial charge on any atom is -0.480 e. The summed E-state index contributed by atoms with van der Waals surface area (Å²) in [7, 11) is 1.59. The monoisotopic (exact) mass is 282 g/mol. The third-order valence-corrected chi connectivity index (χ3v) is 3.17. The number of nitrogens with one attached hydrogen (secondary N) is 1. The second-order valence-corrected chi connectivity index (χ2v) is 4.48. The van der Waals surface area contributed by atoms with Crippen molar-refractivity contribution < 1.29 is 4.74 Å². The number of rotatable bonds is 4. The van der Waals surface area contributed by atoms with Crippen molar-refractivity contribution in [2.24, 2.45) is 0 Å². The third-order valence-electron chi connectivity index (χ3n) is 2.43. The van der Waals surface area contributed by atoms with E-state index in [1.54, 1.807) is 19.4 Å². The topological polar surface area (TPSA) is 34.1 Å². The summed E-state index contributed by atoms with van der Waals surface area (Å²) in [5, 5.41) is 4.34. The smallest absolute Gasteiger partial charge is 0.237 e. The number of hydrogen-bond acceptors (Lipinski definition) is 3. The van der Waals surface area contributed by atoms with Gasteiger partial charge in [-0.1, -0.05) is 29.3 Å². The van der Waals surface area contributed by atoms with Crippen LogP contribution in [0.3, 0.4) is 0 Å². The van der Waals surface area contributed by atoms with Gasteiger partial charge >= 0.3 is 0 Å². The van der Waals surface area contributed by atoms with Crippen molar-refractivity contribution in [1.82, 2.24) is 4.98 Å². The van der Waals surface area contributed by atoms with E-state index in [-0.39, 0.29) is 0 Å². The van der Waals surface area contributed by atoms with Crippen molar-refractivity contribution in [1.29, 1.82) is 0 Å². The zero-order valence-corrected chi connectivity index (χ0v) is 11.3. The number of pyridine rings is 1. The predicted octanol–water partition coefficient (Wildman–Crippen LogP) is 4.01. The Morgan fingerprint density at radius 1 is 1.22 bits per heavy atom. The third kappa shape index (κ3) is 3.06. The number of methoxy groups -OCH3 is 1. The number of halogens is 2. The lowest BCUT2D eigenvalue weighted by atomic mass is 10.2. The molecule has 1 heterocycles. The molecule has 0 aliphatic heterocycles. The standard InChI is InChI=1S/C13H12Cl2N2O/c1-18-13-12(3-2-6-16-13)17-8-9-4-5-10(14)11(15)7-9/h2-7,17H,8H2,1H3. The van der Waals surface area contributed by atoms with Crippen LogP contribution in [0.4, 0.5) is 5.69 Å². The minimum absolute atomic E-state index is 0.550. The van der Waals surface area contributed by atoms with Gasteiger partial charge in [0.1, 0.15) is 0 Å². The van der Waals surface area contributed by atoms with Gasteiger partial charge in [0.15, 0.2) is 0 Å². The molecule has 0 radical (unpaired) electrons. The van der Waals surface area contributed by atoms with Crippen LogP contribution in [0.15, 0.2) is 36.5 Å². The minimum atomic E-state index is 0.550. The molecule has 1 aromatic heterocycles. The Bertz CT molecular complexity index is 546. The highest BCUT2D eigenvalue weighted by Gasteiger charge is 2.03. The molecule has 0 aliphatic rings. The van der Waals surface area contributed by atoms with Crippen LogP contribution in [0.1, 0.15) is 5.56 Å². The van der Waals surface area contributed by atoms with E-state index in [0.717, 1.165) is 11.3 Å². The molecule has 0 spiro atoms. The Hall–Kier alpha value is -1.45. The summed E-state index contributed by atoms with van der Waals surface area (Å²) in [5.74, 6) is 0.567. The van der Waals surface area contributed by atoms with E-state index in [0.29, 0.717) is 22.5 Å². The van der Waals surface area contributed by atoms with Crippen LogP contribution in [-0.4, -0.2) is 12.1 Å². The van der Waals surface area contributed by atoms with Gasteiger partial charge in [-0.25, -0.2) is 4.98 Å². The Kier molecular flexibility index (Phi) is 4.28. The molecule has 5 heteroatoms. The van der Waals surface area contributed by atoms with E-state index in [1.807, 2.05) is 24.3 Å². The molecule has 0 saturated carbocycles. The molecular weight excluding hydrogens is 271 g/mol. The number of ether oxygens (including phenoxy) is 1. The molecule has 0 bridgehead atoms. The van der Waals surface area contributed by atoms with Gasteiger partial charge in [0.25, 0.3) is 0 Å². The summed E-state index contributed by atoms with van der Waals surface area (Å²) < 4.78 is 5.16. The Balaban J connectivity index is 2.09. The van der Waals surface area contributed by atoms with Crippen LogP contribution < -0.4 is 10.1 Å². The molecule has 1 aromatic carbocycles. The molecule has 0 aliphatic carbocycles. The normalized spacial score (nSPS) is 10.2. The largest absolute Gasteiger partial charge is 0.480 e. The van der Waals surface area contributed by atoms with Gasteiger partial charge in [0, 0.05) is 12.7 Å². The SMILES string of the molecule is COc1ncccc1NCc1ccc(Cl)c(Cl)c1. The second-order valence-electron chi connectivity index (χ2n) is 3.66. The Morgan fingerprint density at radius 2 is 2.06 bits per heavy atom. The van der Waals surface area contributed by atoms with Gasteiger partial charge in [0.2, 0.25) is 5.88 Å². The Morgan fingerprint density at radius 3 is 2.78 bits per heavy atom. The van der Waals surface area contributed by atoms with Gasteiger partial charge in [-0.05, 0) is 29.8 Å². The molecule has 0 unspecified atom stereocenters. The van der Waals surface area contributed by atoms with E-state index < -0.39 is 0 Å². The van der Waals surface area contributed by atoms with Crippen molar-refractivity contribution in [3.8, 4) is 5.88 Å². The fourth-order valence-electron chi connectivity index (χ4n) is 1.53. The molecular formula is C13H12Cl2N2O. The van der Waals surface area contributed by atoms with Crippen LogP contribution in [0.5, 0.6) is 5.88 Å². The maximum atomic E-state index is 5.96. The molecule has 1 N–H and O–H groups in total. The summed E-state index contributed by atoms with van der Waals surface area (Å²) in [5.41, 5.74) is 1.88. The summed E-state index contributed by atoms with van der Waals surface area (Å²) >= 11 is 11.8. The highest BCUT2D eigenvalue weighted by atomic mass is 35.5. The van der Waals surface area contributed by atoms with Crippen LogP contribution >= 0.6 is 23.2 Å². The molecule has 18 heavy (non-hydrogen) atoms. The van der Waals surface area contributed by atoms with Crippen molar-refractivity contribution >= 4 is 28.9 Å². The quantitative estimate of drug-likeness (QED) is 0.920. The van der Waals surface area contributed by atoms with Gasteiger partial charge in [-0.2, -0.15) is 0 Å². The lowest BCUT2D eigenvalue weighted by Gasteiger charge is -2.10. The second kappa shape index (κ2) is 5.94. The maximum absolute atomic E-state index is 5.96. The number of nitrogens with zero attached hydrogens (tertiary/aromatic N) is 1. The first kappa shape index (κ1) is 13.0. The average Bonchev–Trinajstić information content (AvgIpc) is 2.40. The number of benzene rings is 1. The van der Waals surface area contributed by atoms with Crippen LogP contribution in [0, 0.1) is 0 Å². The van der Waals surface area contributed by atoms with E-state index in [9.17, 15) is 0 Å². The first-order chi connectivity index (χ1) is 8.70. The van der Waals surface area contributed by atoms with Crippen LogP contribution in [0.2, 0.25) is 10.0 Å². The molecule has 94 valence electrons. The first-order valence-electron chi connectivity index (χ1n) is 5.37. The summed E-state index contributed by atoms with van der Waals surface area (Å²) in [4.78, 5) is 4.11. The van der Waals surface area contributed by atoms with Gasteiger partial charge in [0.05, 0.1) is 22.8 Å². The molecule has 3 nitrogen and oxygen atoms in total. The zero-order chi connectivity index (χ0) is 13.0. The lowest BCUT2D eigenvalue weighted by molar-refractivity contribution is 0.399. The highest BCUT2D eigenvalue weighted by molar-refractivity contribution is 6.42. The number of hydrogen-bond donors (Lipinski definition) is 1. The molecule has 0 amide bonds.